The number of hydrogen-bond acceptors (Lipinski definition) is 5. The number of anilines is 2. The quantitative estimate of drug-likeness (QED) is 0.744. The summed E-state index contributed by atoms with van der Waals surface area (Å²) in [5, 5.41) is 27.2. The first-order chi connectivity index (χ1) is 12.7. The van der Waals surface area contributed by atoms with E-state index >= 15 is 0 Å². The Morgan fingerprint density at radius 1 is 1.30 bits per heavy atom. The van der Waals surface area contributed by atoms with Crippen molar-refractivity contribution in [1.29, 1.82) is 0 Å². The molecule has 2 heterocycles. The monoisotopic (exact) mass is 372 g/mol. The van der Waals surface area contributed by atoms with Crippen LogP contribution in [0.25, 0.3) is 0 Å². The number of carboxylic acid groups (broad SMARTS) is 1. The highest BCUT2D eigenvalue weighted by atomic mass is 16.4. The Morgan fingerprint density at radius 3 is 2.63 bits per heavy atom. The molecule has 0 bridgehead atoms. The molecule has 0 spiro atoms. The first-order valence-corrected chi connectivity index (χ1v) is 9.39. The summed E-state index contributed by atoms with van der Waals surface area (Å²) in [5.74, 6) is 0.691. The van der Waals surface area contributed by atoms with Crippen molar-refractivity contribution in [1.82, 2.24) is 14.8 Å². The molecule has 0 unspecified atom stereocenters. The summed E-state index contributed by atoms with van der Waals surface area (Å²) in [6.45, 7) is 6.22. The van der Waals surface area contributed by atoms with E-state index in [0.29, 0.717) is 37.9 Å². The third kappa shape index (κ3) is 4.30. The molecule has 3 N–H and O–H groups in total. The summed E-state index contributed by atoms with van der Waals surface area (Å²) >= 11 is 0. The average molecular weight is 372 g/mol. The first kappa shape index (κ1) is 19.4. The maximum Gasteiger partial charge on any atom is 0.310 e. The Morgan fingerprint density at radius 2 is 2.00 bits per heavy atom. The first-order valence-electron chi connectivity index (χ1n) is 9.39. The molecule has 0 atom stereocenters. The zero-order valence-corrected chi connectivity index (χ0v) is 16.1. The average Bonchev–Trinajstić information content (AvgIpc) is 3.06. The number of rotatable bonds is 5. The minimum Gasteiger partial charge on any atom is -0.481 e. The number of aromatic nitrogens is 3. The normalized spacial score (nSPS) is 23.2. The van der Waals surface area contributed by atoms with Crippen LogP contribution in [0.1, 0.15) is 52.1 Å². The molecule has 2 aromatic heterocycles. The number of pyridine rings is 1. The van der Waals surface area contributed by atoms with E-state index in [4.69, 9.17) is 0 Å². The summed E-state index contributed by atoms with van der Waals surface area (Å²) in [6, 6.07) is 7.50. The van der Waals surface area contributed by atoms with Crippen LogP contribution in [0.15, 0.2) is 30.5 Å². The van der Waals surface area contributed by atoms with Gasteiger partial charge in [0, 0.05) is 18.2 Å². The number of nitrogens with one attached hydrogen (secondary N) is 1. The maximum absolute atomic E-state index is 11.9. The van der Waals surface area contributed by atoms with E-state index in [1.54, 1.807) is 6.20 Å². The third-order valence-corrected chi connectivity index (χ3v) is 5.23. The lowest BCUT2D eigenvalue weighted by Gasteiger charge is -2.35. The van der Waals surface area contributed by atoms with Crippen LogP contribution < -0.4 is 5.32 Å². The molecule has 0 aliphatic heterocycles. The highest BCUT2D eigenvalue weighted by molar-refractivity contribution is 5.75. The van der Waals surface area contributed by atoms with Crippen molar-refractivity contribution in [3.63, 3.8) is 0 Å². The van der Waals surface area contributed by atoms with E-state index < -0.39 is 17.5 Å². The minimum atomic E-state index is -0.849. The number of carboxylic acids is 1. The Bertz CT molecular complexity index is 802. The van der Waals surface area contributed by atoms with Gasteiger partial charge in [-0.25, -0.2) is 9.67 Å². The van der Waals surface area contributed by atoms with E-state index in [2.05, 4.69) is 36.2 Å². The van der Waals surface area contributed by atoms with Gasteiger partial charge in [-0.05, 0) is 58.6 Å². The number of carbonyl (C=O) groups is 1. The Labute approximate surface area is 159 Å². The van der Waals surface area contributed by atoms with Crippen LogP contribution in [0.5, 0.6) is 0 Å². The fourth-order valence-electron chi connectivity index (χ4n) is 3.68. The number of aliphatic carboxylic acids is 1. The second-order valence-electron chi connectivity index (χ2n) is 8.43. The van der Waals surface area contributed by atoms with Crippen LogP contribution in [-0.4, -0.2) is 37.1 Å². The Kier molecular flexibility index (Phi) is 5.24. The predicted molar refractivity (Wildman–Crippen MR) is 103 cm³/mol. The van der Waals surface area contributed by atoms with Gasteiger partial charge in [-0.2, -0.15) is 5.10 Å². The van der Waals surface area contributed by atoms with Gasteiger partial charge in [0.1, 0.15) is 11.6 Å². The van der Waals surface area contributed by atoms with Gasteiger partial charge >= 0.3 is 5.97 Å². The smallest absolute Gasteiger partial charge is 0.310 e. The molecule has 3 rings (SSSR count). The molecule has 1 saturated carbocycles. The minimum absolute atomic E-state index is 0.167. The molecule has 0 radical (unpaired) electrons. The Balaban J connectivity index is 1.80. The summed E-state index contributed by atoms with van der Waals surface area (Å²) < 4.78 is 1.89. The number of aliphatic hydroxyl groups is 1. The van der Waals surface area contributed by atoms with Crippen molar-refractivity contribution in [3.05, 3.63) is 36.2 Å². The lowest BCUT2D eigenvalue weighted by atomic mass is 9.70. The number of hydrogen-bond donors (Lipinski definition) is 3. The summed E-state index contributed by atoms with van der Waals surface area (Å²) in [6.07, 6.45) is 3.70. The van der Waals surface area contributed by atoms with Crippen LogP contribution >= 0.6 is 0 Å². The van der Waals surface area contributed by atoms with Crippen LogP contribution in [-0.2, 0) is 16.8 Å². The number of nitrogens with zero attached hydrogens (tertiary/aromatic N) is 3. The molecular weight excluding hydrogens is 344 g/mol. The van der Waals surface area contributed by atoms with Crippen molar-refractivity contribution < 1.29 is 15.0 Å². The molecule has 7 nitrogen and oxygen atoms in total. The van der Waals surface area contributed by atoms with E-state index in [1.807, 2.05) is 28.9 Å². The maximum atomic E-state index is 11.9. The standard InChI is InChI=1S/C20H28N4O3/c1-19(2,3)24-17(9-12-21-24)23-16-6-4-5-14(22-16)13-20(18(26)27)10-7-15(25)8-11-20/h4-6,9,12,15,25H,7-8,10-11,13H2,1-3H3,(H,22,23)(H,26,27). The van der Waals surface area contributed by atoms with Crippen LogP contribution in [0.2, 0.25) is 0 Å². The summed E-state index contributed by atoms with van der Waals surface area (Å²) in [7, 11) is 0. The summed E-state index contributed by atoms with van der Waals surface area (Å²) in [4.78, 5) is 16.6. The molecule has 146 valence electrons. The van der Waals surface area contributed by atoms with Crippen molar-refractivity contribution in [2.24, 2.45) is 5.41 Å². The molecule has 2 aromatic rings. The molecule has 27 heavy (non-hydrogen) atoms. The van der Waals surface area contributed by atoms with Gasteiger partial charge in [-0.3, -0.25) is 4.79 Å². The fraction of sp³-hybridized carbons (Fsp3) is 0.550. The van der Waals surface area contributed by atoms with Crippen LogP contribution in [0, 0.1) is 5.41 Å². The van der Waals surface area contributed by atoms with Gasteiger partial charge in [-0.1, -0.05) is 6.07 Å². The second kappa shape index (κ2) is 7.31. The molecule has 0 saturated heterocycles. The van der Waals surface area contributed by atoms with Crippen molar-refractivity contribution in [2.75, 3.05) is 5.32 Å². The molecule has 7 heteroatoms. The van der Waals surface area contributed by atoms with Gasteiger partial charge in [0.2, 0.25) is 0 Å². The van der Waals surface area contributed by atoms with E-state index in [9.17, 15) is 15.0 Å². The lowest BCUT2D eigenvalue weighted by molar-refractivity contribution is -0.152. The topological polar surface area (TPSA) is 100 Å². The highest BCUT2D eigenvalue weighted by Gasteiger charge is 2.42. The van der Waals surface area contributed by atoms with Crippen molar-refractivity contribution in [3.8, 4) is 0 Å². The molecule has 1 fully saturated rings. The lowest BCUT2D eigenvalue weighted by Crippen LogP contribution is -2.38. The van der Waals surface area contributed by atoms with E-state index in [-0.39, 0.29) is 5.54 Å². The third-order valence-electron chi connectivity index (χ3n) is 5.23. The Hall–Kier alpha value is -2.41. The second-order valence-corrected chi connectivity index (χ2v) is 8.43. The molecule has 1 aliphatic rings. The molecule has 0 aromatic carbocycles. The number of aliphatic hydroxyl groups excluding tert-OH is 1. The van der Waals surface area contributed by atoms with Crippen LogP contribution in [0.4, 0.5) is 11.6 Å². The zero-order valence-electron chi connectivity index (χ0n) is 16.1. The van der Waals surface area contributed by atoms with Crippen LogP contribution in [0.3, 0.4) is 0 Å². The van der Waals surface area contributed by atoms with E-state index in [0.717, 1.165) is 11.5 Å². The highest BCUT2D eigenvalue weighted by Crippen LogP contribution is 2.39. The fourth-order valence-corrected chi connectivity index (χ4v) is 3.68. The van der Waals surface area contributed by atoms with Gasteiger partial charge in [0.25, 0.3) is 0 Å². The predicted octanol–water partition coefficient (Wildman–Crippen LogP) is 3.33. The van der Waals surface area contributed by atoms with Gasteiger partial charge in [0.15, 0.2) is 0 Å². The van der Waals surface area contributed by atoms with Crippen molar-refractivity contribution >= 4 is 17.6 Å². The SMILES string of the molecule is CC(C)(C)n1nccc1Nc1cccc(CC2(C(=O)O)CCC(O)CC2)n1. The zero-order chi connectivity index (χ0) is 19.7. The summed E-state index contributed by atoms with van der Waals surface area (Å²) in [5.41, 5.74) is -0.279. The van der Waals surface area contributed by atoms with Gasteiger partial charge < -0.3 is 15.5 Å². The van der Waals surface area contributed by atoms with Gasteiger partial charge in [0.05, 0.1) is 23.3 Å². The molecule has 0 amide bonds. The van der Waals surface area contributed by atoms with Crippen molar-refractivity contribution in [2.45, 2.75) is 64.5 Å². The molecule has 1 aliphatic carbocycles. The largest absolute Gasteiger partial charge is 0.481 e. The van der Waals surface area contributed by atoms with E-state index in [1.165, 1.54) is 0 Å². The van der Waals surface area contributed by atoms with Gasteiger partial charge in [-0.15, -0.1) is 0 Å². The molecular formula is C20H28N4O3.